The molecule has 1 aliphatic heterocycles. The fraction of sp³-hybridized carbons (Fsp3) is 0.400. The van der Waals surface area contributed by atoms with Gasteiger partial charge in [-0.15, -0.1) is 0 Å². The predicted molar refractivity (Wildman–Crippen MR) is 123 cm³/mol. The lowest BCUT2D eigenvalue weighted by molar-refractivity contribution is -0.140. The molecule has 0 bridgehead atoms. The monoisotopic (exact) mass is 421 g/mol. The molecular weight excluding hydrogens is 390 g/mol. The van der Waals surface area contributed by atoms with Crippen LogP contribution in [0.15, 0.2) is 40.2 Å². The highest BCUT2D eigenvalue weighted by atomic mass is 16.5. The van der Waals surface area contributed by atoms with Crippen molar-refractivity contribution < 1.29 is 14.3 Å². The van der Waals surface area contributed by atoms with Crippen LogP contribution in [0.5, 0.6) is 0 Å². The maximum Gasteiger partial charge on any atom is 0.305 e. The SMILES string of the molecule is CCC1=C(C)C(=Cc2[nH]c(C)c(C(=O)CCCCC(=O)OC)c2C)N=C1c1ccc[nH]1. The fourth-order valence-electron chi connectivity index (χ4n) is 4.13. The number of rotatable bonds is 9. The molecule has 31 heavy (non-hydrogen) atoms. The van der Waals surface area contributed by atoms with Crippen LogP contribution >= 0.6 is 0 Å². The van der Waals surface area contributed by atoms with E-state index in [-0.39, 0.29) is 11.8 Å². The zero-order valence-electron chi connectivity index (χ0n) is 19.0. The highest BCUT2D eigenvalue weighted by molar-refractivity contribution is 6.15. The summed E-state index contributed by atoms with van der Waals surface area (Å²) in [6.45, 7) is 8.14. The smallest absolute Gasteiger partial charge is 0.305 e. The number of nitrogens with zero attached hydrogens (tertiary/aromatic N) is 1. The summed E-state index contributed by atoms with van der Waals surface area (Å²) in [7, 11) is 1.38. The molecule has 6 nitrogen and oxygen atoms in total. The van der Waals surface area contributed by atoms with Gasteiger partial charge in [0.05, 0.1) is 24.2 Å². The molecule has 0 amide bonds. The summed E-state index contributed by atoms with van der Waals surface area (Å²) in [5.74, 6) is -0.134. The number of hydrogen-bond donors (Lipinski definition) is 2. The first kappa shape index (κ1) is 22.5. The number of Topliss-reactive ketones (excluding diaryl/α,β-unsaturated/α-hetero) is 1. The Morgan fingerprint density at radius 2 is 1.90 bits per heavy atom. The van der Waals surface area contributed by atoms with E-state index in [1.807, 2.05) is 38.3 Å². The van der Waals surface area contributed by atoms with Gasteiger partial charge in [-0.25, -0.2) is 4.99 Å². The average molecular weight is 422 g/mol. The van der Waals surface area contributed by atoms with Crippen LogP contribution in [0.3, 0.4) is 0 Å². The summed E-state index contributed by atoms with van der Waals surface area (Å²) in [6.07, 6.45) is 6.93. The summed E-state index contributed by atoms with van der Waals surface area (Å²) in [5.41, 5.74) is 8.78. The van der Waals surface area contributed by atoms with E-state index in [2.05, 4.69) is 28.6 Å². The van der Waals surface area contributed by atoms with Gasteiger partial charge in [-0.1, -0.05) is 6.92 Å². The van der Waals surface area contributed by atoms with E-state index < -0.39 is 0 Å². The molecule has 0 atom stereocenters. The molecule has 0 aliphatic carbocycles. The van der Waals surface area contributed by atoms with Crippen molar-refractivity contribution >= 4 is 23.5 Å². The number of aliphatic imine (C=N–C) groups is 1. The van der Waals surface area contributed by atoms with Gasteiger partial charge in [-0.3, -0.25) is 9.59 Å². The van der Waals surface area contributed by atoms with Crippen LogP contribution in [0.2, 0.25) is 0 Å². The number of nitrogens with one attached hydrogen (secondary N) is 2. The Labute approximate surface area is 183 Å². The van der Waals surface area contributed by atoms with Crippen LogP contribution in [0.4, 0.5) is 0 Å². The Balaban J connectivity index is 1.82. The van der Waals surface area contributed by atoms with Gasteiger partial charge in [-0.05, 0) is 75.0 Å². The van der Waals surface area contributed by atoms with Crippen molar-refractivity contribution in [2.45, 2.75) is 59.8 Å². The molecule has 2 aromatic rings. The second kappa shape index (κ2) is 9.77. The van der Waals surface area contributed by atoms with Crippen molar-refractivity contribution in [3.8, 4) is 0 Å². The first-order chi connectivity index (χ1) is 14.9. The number of unbranched alkanes of at least 4 members (excludes halogenated alkanes) is 1. The third kappa shape index (κ3) is 4.79. The van der Waals surface area contributed by atoms with Crippen LogP contribution in [0, 0.1) is 13.8 Å². The predicted octanol–water partition coefficient (Wildman–Crippen LogP) is 5.45. The molecule has 2 N–H and O–H groups in total. The topological polar surface area (TPSA) is 87.3 Å². The highest BCUT2D eigenvalue weighted by Gasteiger charge is 2.23. The minimum Gasteiger partial charge on any atom is -0.469 e. The quantitative estimate of drug-likeness (QED) is 0.321. The Morgan fingerprint density at radius 1 is 1.16 bits per heavy atom. The largest absolute Gasteiger partial charge is 0.469 e. The van der Waals surface area contributed by atoms with E-state index in [0.29, 0.717) is 25.7 Å². The summed E-state index contributed by atoms with van der Waals surface area (Å²) < 4.78 is 4.65. The van der Waals surface area contributed by atoms with Gasteiger partial charge < -0.3 is 14.7 Å². The van der Waals surface area contributed by atoms with Crippen molar-refractivity contribution in [2.75, 3.05) is 7.11 Å². The third-order valence-electron chi connectivity index (χ3n) is 5.86. The van der Waals surface area contributed by atoms with E-state index in [4.69, 9.17) is 4.99 Å². The molecule has 3 rings (SSSR count). The molecular formula is C25H31N3O3. The van der Waals surface area contributed by atoms with Crippen molar-refractivity contribution in [1.82, 2.24) is 9.97 Å². The Bertz CT molecular complexity index is 1070. The molecule has 0 fully saturated rings. The summed E-state index contributed by atoms with van der Waals surface area (Å²) in [6, 6.07) is 4.01. The van der Waals surface area contributed by atoms with E-state index >= 15 is 0 Å². The molecule has 0 spiro atoms. The minimum atomic E-state index is -0.235. The molecule has 0 saturated carbocycles. The Kier molecular flexibility index (Phi) is 7.10. The molecule has 0 radical (unpaired) electrons. The summed E-state index contributed by atoms with van der Waals surface area (Å²) in [4.78, 5) is 35.6. The number of ether oxygens (including phenoxy) is 1. The lowest BCUT2D eigenvalue weighted by atomic mass is 9.99. The van der Waals surface area contributed by atoms with Crippen LogP contribution in [0.1, 0.15) is 79.0 Å². The van der Waals surface area contributed by atoms with Gasteiger partial charge >= 0.3 is 5.97 Å². The third-order valence-corrected chi connectivity index (χ3v) is 5.86. The van der Waals surface area contributed by atoms with Crippen molar-refractivity contribution in [3.05, 3.63) is 63.4 Å². The van der Waals surface area contributed by atoms with Crippen LogP contribution in [-0.4, -0.2) is 34.5 Å². The van der Waals surface area contributed by atoms with Gasteiger partial charge in [-0.2, -0.15) is 0 Å². The lowest BCUT2D eigenvalue weighted by Gasteiger charge is -2.03. The second-order valence-corrected chi connectivity index (χ2v) is 7.90. The van der Waals surface area contributed by atoms with Gasteiger partial charge in [0.1, 0.15) is 0 Å². The standard InChI is InChI=1S/C25H31N3O3/c1-6-18-15(2)20(28-25(18)19-10-9-13-26-19)14-21-16(3)24(17(4)27-21)22(29)11-7-8-12-23(30)31-5/h9-10,13-14,26-27H,6-8,11-12H2,1-5H3. The molecule has 0 saturated heterocycles. The number of aromatic nitrogens is 2. The van der Waals surface area contributed by atoms with Crippen LogP contribution in [0.25, 0.3) is 6.08 Å². The number of H-pyrrole nitrogens is 2. The van der Waals surface area contributed by atoms with Crippen LogP contribution in [-0.2, 0) is 9.53 Å². The number of allylic oxidation sites excluding steroid dienone is 2. The normalized spacial score (nSPS) is 15.0. The maximum atomic E-state index is 12.8. The first-order valence-electron chi connectivity index (χ1n) is 10.8. The van der Waals surface area contributed by atoms with E-state index in [1.165, 1.54) is 12.7 Å². The molecule has 3 heterocycles. The minimum absolute atomic E-state index is 0.101. The number of methoxy groups -OCH3 is 1. The van der Waals surface area contributed by atoms with Gasteiger partial charge in [0.15, 0.2) is 5.78 Å². The lowest BCUT2D eigenvalue weighted by Crippen LogP contribution is -2.04. The number of esters is 1. The molecule has 6 heteroatoms. The Morgan fingerprint density at radius 3 is 2.55 bits per heavy atom. The van der Waals surface area contributed by atoms with E-state index in [0.717, 1.165) is 51.6 Å². The van der Waals surface area contributed by atoms with Gasteiger partial charge in [0.25, 0.3) is 0 Å². The van der Waals surface area contributed by atoms with Gasteiger partial charge in [0, 0.05) is 36.0 Å². The maximum absolute atomic E-state index is 12.8. The zero-order chi connectivity index (χ0) is 22.5. The average Bonchev–Trinajstić information content (AvgIpc) is 3.44. The summed E-state index contributed by atoms with van der Waals surface area (Å²) in [5, 5.41) is 0. The number of aromatic amines is 2. The molecule has 0 aromatic carbocycles. The molecule has 2 aromatic heterocycles. The first-order valence-corrected chi connectivity index (χ1v) is 10.8. The highest BCUT2D eigenvalue weighted by Crippen LogP contribution is 2.32. The Hall–Kier alpha value is -3.15. The summed E-state index contributed by atoms with van der Waals surface area (Å²) >= 11 is 0. The van der Waals surface area contributed by atoms with Crippen LogP contribution < -0.4 is 0 Å². The number of aryl methyl sites for hydroxylation is 1. The van der Waals surface area contributed by atoms with Crippen molar-refractivity contribution in [1.29, 1.82) is 0 Å². The number of hydrogen-bond acceptors (Lipinski definition) is 4. The number of carbonyl (C=O) groups excluding carboxylic acids is 2. The van der Waals surface area contributed by atoms with Crippen molar-refractivity contribution in [2.24, 2.45) is 4.99 Å². The van der Waals surface area contributed by atoms with E-state index in [1.54, 1.807) is 0 Å². The molecule has 0 unspecified atom stereocenters. The van der Waals surface area contributed by atoms with Gasteiger partial charge in [0.2, 0.25) is 0 Å². The fourth-order valence-corrected chi connectivity index (χ4v) is 4.13. The molecule has 164 valence electrons. The zero-order valence-corrected chi connectivity index (χ0v) is 19.0. The molecule has 1 aliphatic rings. The van der Waals surface area contributed by atoms with Crippen molar-refractivity contribution in [3.63, 3.8) is 0 Å². The second-order valence-electron chi connectivity index (χ2n) is 7.90. The van der Waals surface area contributed by atoms with E-state index in [9.17, 15) is 9.59 Å². The number of ketones is 1. The number of carbonyl (C=O) groups is 2.